The van der Waals surface area contributed by atoms with E-state index in [2.05, 4.69) is 27.8 Å². The van der Waals surface area contributed by atoms with E-state index < -0.39 is 12.0 Å². The van der Waals surface area contributed by atoms with Crippen molar-refractivity contribution >= 4 is 27.8 Å². The first-order chi connectivity index (χ1) is 6.43. The number of hydrogen-bond donors (Lipinski definition) is 3. The van der Waals surface area contributed by atoms with E-state index in [1.165, 1.54) is 0 Å². The quantitative estimate of drug-likeness (QED) is 0.639. The largest absolute Gasteiger partial charge is 0.481 e. The molecule has 0 rings (SSSR count). The lowest BCUT2D eigenvalue weighted by atomic mass is 10.1. The summed E-state index contributed by atoms with van der Waals surface area (Å²) >= 11 is 3.07. The van der Waals surface area contributed by atoms with Crippen LogP contribution in [0.3, 0.4) is 0 Å². The van der Waals surface area contributed by atoms with Gasteiger partial charge in [-0.15, -0.1) is 0 Å². The molecule has 80 valence electrons. The van der Waals surface area contributed by atoms with E-state index >= 15 is 0 Å². The van der Waals surface area contributed by atoms with Gasteiger partial charge in [-0.1, -0.05) is 22.5 Å². The molecule has 0 aromatic rings. The first-order valence-corrected chi connectivity index (χ1v) is 4.81. The molecule has 0 radical (unpaired) electrons. The van der Waals surface area contributed by atoms with Crippen molar-refractivity contribution in [1.82, 2.24) is 5.32 Å². The molecule has 0 fully saturated rings. The number of carbonyl (C=O) groups excluding carboxylic acids is 1. The van der Waals surface area contributed by atoms with Crippen LogP contribution in [0, 0.1) is 0 Å². The van der Waals surface area contributed by atoms with Gasteiger partial charge in [-0.25, -0.2) is 0 Å². The van der Waals surface area contributed by atoms with Crippen LogP contribution in [0.25, 0.3) is 0 Å². The average Bonchev–Trinajstić information content (AvgIpc) is 2.09. The Morgan fingerprint density at radius 1 is 1.57 bits per heavy atom. The Balaban J connectivity index is 3.76. The van der Waals surface area contributed by atoms with E-state index in [0.717, 1.165) is 0 Å². The third-order valence-corrected chi connectivity index (χ3v) is 1.74. The molecule has 0 bridgehead atoms. The predicted molar refractivity (Wildman–Crippen MR) is 55.9 cm³/mol. The van der Waals surface area contributed by atoms with Gasteiger partial charge in [-0.3, -0.25) is 9.59 Å². The molecular weight excluding hydrogens is 252 g/mol. The Bertz CT molecular complexity index is 243. The van der Waals surface area contributed by atoms with Gasteiger partial charge in [-0.2, -0.15) is 0 Å². The average molecular weight is 265 g/mol. The fourth-order valence-corrected chi connectivity index (χ4v) is 0.864. The molecule has 1 unspecified atom stereocenters. The van der Waals surface area contributed by atoms with Crippen LogP contribution >= 0.6 is 15.9 Å². The monoisotopic (exact) mass is 264 g/mol. The van der Waals surface area contributed by atoms with Gasteiger partial charge >= 0.3 is 5.97 Å². The first-order valence-electron chi connectivity index (χ1n) is 4.02. The summed E-state index contributed by atoms with van der Waals surface area (Å²) in [6.07, 6.45) is 0.0276. The fraction of sp³-hybridized carbons (Fsp3) is 0.500. The summed E-state index contributed by atoms with van der Waals surface area (Å²) in [5.74, 6) is -1.33. The Morgan fingerprint density at radius 2 is 2.14 bits per heavy atom. The minimum Gasteiger partial charge on any atom is -0.481 e. The number of aliphatic carboxylic acids is 1. The second kappa shape index (κ2) is 6.56. The SMILES string of the molecule is C=C(Br)CNC(=O)C(N)CCC(=O)O. The van der Waals surface area contributed by atoms with Crippen molar-refractivity contribution in [2.75, 3.05) is 6.54 Å². The van der Waals surface area contributed by atoms with Crippen LogP contribution in [-0.2, 0) is 9.59 Å². The zero-order valence-corrected chi connectivity index (χ0v) is 9.21. The first kappa shape index (κ1) is 13.1. The van der Waals surface area contributed by atoms with E-state index in [-0.39, 0.29) is 18.7 Å². The normalized spacial score (nSPS) is 11.9. The molecule has 5 nitrogen and oxygen atoms in total. The Kier molecular flexibility index (Phi) is 6.14. The molecule has 1 atom stereocenters. The summed E-state index contributed by atoms with van der Waals surface area (Å²) in [5, 5.41) is 10.9. The highest BCUT2D eigenvalue weighted by atomic mass is 79.9. The second-order valence-electron chi connectivity index (χ2n) is 2.77. The lowest BCUT2D eigenvalue weighted by molar-refractivity contribution is -0.137. The summed E-state index contributed by atoms with van der Waals surface area (Å²) < 4.78 is 0.635. The summed E-state index contributed by atoms with van der Waals surface area (Å²) in [7, 11) is 0. The number of halogens is 1. The van der Waals surface area contributed by atoms with Gasteiger partial charge in [0.15, 0.2) is 0 Å². The zero-order valence-electron chi connectivity index (χ0n) is 7.62. The molecule has 0 aromatic heterocycles. The van der Waals surface area contributed by atoms with Crippen molar-refractivity contribution in [3.05, 3.63) is 11.1 Å². The van der Waals surface area contributed by atoms with Crippen LogP contribution in [0.2, 0.25) is 0 Å². The smallest absolute Gasteiger partial charge is 0.303 e. The molecule has 0 saturated carbocycles. The topological polar surface area (TPSA) is 92.4 Å². The molecule has 1 amide bonds. The van der Waals surface area contributed by atoms with E-state index in [0.29, 0.717) is 11.0 Å². The van der Waals surface area contributed by atoms with Crippen LogP contribution in [-0.4, -0.2) is 29.6 Å². The Morgan fingerprint density at radius 3 is 2.57 bits per heavy atom. The number of carbonyl (C=O) groups is 2. The van der Waals surface area contributed by atoms with Gasteiger partial charge in [0.05, 0.1) is 6.04 Å². The lowest BCUT2D eigenvalue weighted by Gasteiger charge is -2.10. The zero-order chi connectivity index (χ0) is 11.1. The maximum absolute atomic E-state index is 11.2. The molecule has 0 spiro atoms. The van der Waals surface area contributed by atoms with Crippen molar-refractivity contribution in [2.24, 2.45) is 5.73 Å². The van der Waals surface area contributed by atoms with Crippen molar-refractivity contribution in [3.63, 3.8) is 0 Å². The van der Waals surface area contributed by atoms with Crippen molar-refractivity contribution in [3.8, 4) is 0 Å². The van der Waals surface area contributed by atoms with Crippen LogP contribution < -0.4 is 11.1 Å². The number of carboxylic acids is 1. The summed E-state index contributed by atoms with van der Waals surface area (Å²) in [5.41, 5.74) is 5.43. The highest BCUT2D eigenvalue weighted by molar-refractivity contribution is 9.11. The maximum atomic E-state index is 11.2. The molecule has 0 aliphatic carbocycles. The number of amides is 1. The molecule has 0 heterocycles. The Labute approximate surface area is 90.5 Å². The number of carboxylic acid groups (broad SMARTS) is 1. The molecule has 0 aromatic carbocycles. The predicted octanol–water partition coefficient (Wildman–Crippen LogP) is 0.203. The molecular formula is C8H13BrN2O3. The third-order valence-electron chi connectivity index (χ3n) is 1.46. The van der Waals surface area contributed by atoms with E-state index in [1.807, 2.05) is 0 Å². The van der Waals surface area contributed by atoms with Crippen LogP contribution in [0.5, 0.6) is 0 Å². The molecule has 0 aliphatic rings. The highest BCUT2D eigenvalue weighted by Crippen LogP contribution is 1.98. The molecule has 0 aliphatic heterocycles. The third kappa shape index (κ3) is 6.62. The summed E-state index contributed by atoms with van der Waals surface area (Å²) in [6, 6.07) is -0.780. The van der Waals surface area contributed by atoms with Gasteiger partial charge in [0.2, 0.25) is 5.91 Å². The number of rotatable bonds is 6. The second-order valence-corrected chi connectivity index (χ2v) is 3.90. The van der Waals surface area contributed by atoms with E-state index in [4.69, 9.17) is 10.8 Å². The van der Waals surface area contributed by atoms with Gasteiger partial charge < -0.3 is 16.2 Å². The highest BCUT2D eigenvalue weighted by Gasteiger charge is 2.13. The fourth-order valence-electron chi connectivity index (χ4n) is 0.724. The van der Waals surface area contributed by atoms with Gasteiger partial charge in [0, 0.05) is 17.4 Å². The minimum atomic E-state index is -0.960. The molecule has 14 heavy (non-hydrogen) atoms. The van der Waals surface area contributed by atoms with Crippen molar-refractivity contribution in [2.45, 2.75) is 18.9 Å². The standard InChI is InChI=1S/C8H13BrN2O3/c1-5(9)4-11-8(14)6(10)2-3-7(12)13/h6H,1-4,10H2,(H,11,14)(H,12,13). The van der Waals surface area contributed by atoms with Crippen molar-refractivity contribution < 1.29 is 14.7 Å². The van der Waals surface area contributed by atoms with Crippen LogP contribution in [0.15, 0.2) is 11.1 Å². The van der Waals surface area contributed by atoms with Gasteiger partial charge in [0.25, 0.3) is 0 Å². The minimum absolute atomic E-state index is 0.107. The number of nitrogens with two attached hydrogens (primary N) is 1. The van der Waals surface area contributed by atoms with Crippen molar-refractivity contribution in [1.29, 1.82) is 0 Å². The summed E-state index contributed by atoms with van der Waals surface area (Å²) in [6.45, 7) is 3.82. The number of hydrogen-bond acceptors (Lipinski definition) is 3. The van der Waals surface area contributed by atoms with E-state index in [9.17, 15) is 9.59 Å². The number of nitrogens with one attached hydrogen (secondary N) is 1. The molecule has 6 heteroatoms. The van der Waals surface area contributed by atoms with Crippen LogP contribution in [0.1, 0.15) is 12.8 Å². The van der Waals surface area contributed by atoms with Gasteiger partial charge in [0.1, 0.15) is 0 Å². The molecule has 0 saturated heterocycles. The lowest BCUT2D eigenvalue weighted by Crippen LogP contribution is -2.41. The summed E-state index contributed by atoms with van der Waals surface area (Å²) in [4.78, 5) is 21.4. The van der Waals surface area contributed by atoms with Gasteiger partial charge in [-0.05, 0) is 6.42 Å². The van der Waals surface area contributed by atoms with Crippen LogP contribution in [0.4, 0.5) is 0 Å². The molecule has 4 N–H and O–H groups in total. The van der Waals surface area contributed by atoms with E-state index in [1.54, 1.807) is 0 Å². The Hall–Kier alpha value is -0.880. The maximum Gasteiger partial charge on any atom is 0.303 e.